The molecule has 3 nitrogen and oxygen atoms in total. The maximum absolute atomic E-state index is 10.2. The van der Waals surface area contributed by atoms with E-state index in [1.807, 2.05) is 20.8 Å². The van der Waals surface area contributed by atoms with Crippen LogP contribution in [0.4, 0.5) is 0 Å². The first kappa shape index (κ1) is 8.43. The molecule has 0 heterocycles. The molecule has 0 aliphatic heterocycles. The molecule has 0 amide bonds. The second-order valence-electron chi connectivity index (χ2n) is 2.95. The highest BCUT2D eigenvalue weighted by atomic mass is 16.7. The molecule has 0 saturated heterocycles. The van der Waals surface area contributed by atoms with E-state index in [-0.39, 0.29) is 11.5 Å². The van der Waals surface area contributed by atoms with Crippen LogP contribution in [0.1, 0.15) is 27.7 Å². The minimum absolute atomic E-state index is 0.161. The number of rotatable bonds is 1. The summed E-state index contributed by atoms with van der Waals surface area (Å²) in [5, 5.41) is 0. The topological polar surface area (TPSA) is 38.3 Å². The number of carbonyl (C=O) groups excluding carboxylic acids is 1. The maximum Gasteiger partial charge on any atom is 0.321 e. The fourth-order valence-electron chi connectivity index (χ4n) is 0.225. The maximum atomic E-state index is 10.2. The molecule has 0 atom stereocenters. The van der Waals surface area contributed by atoms with Gasteiger partial charge in [-0.25, -0.2) is 0 Å². The van der Waals surface area contributed by atoms with Gasteiger partial charge in [-0.1, -0.05) is 0 Å². The summed E-state index contributed by atoms with van der Waals surface area (Å²) in [5.41, 5.74) is 2.41. The van der Waals surface area contributed by atoms with E-state index in [4.69, 9.17) is 0 Å². The van der Waals surface area contributed by atoms with E-state index in [0.29, 0.717) is 0 Å². The largest absolute Gasteiger partial charge is 0.371 e. The lowest BCUT2D eigenvalue weighted by molar-refractivity contribution is -0.152. The summed E-state index contributed by atoms with van der Waals surface area (Å²) in [6.07, 6.45) is 0. The van der Waals surface area contributed by atoms with Gasteiger partial charge in [-0.05, 0) is 20.8 Å². The first-order valence-electron chi connectivity index (χ1n) is 2.86. The SMILES string of the molecule is CC(=O)ONC(C)(C)C. The summed E-state index contributed by atoms with van der Waals surface area (Å²) in [5.74, 6) is -0.315. The predicted molar refractivity (Wildman–Crippen MR) is 34.7 cm³/mol. The van der Waals surface area contributed by atoms with Gasteiger partial charge >= 0.3 is 5.97 Å². The summed E-state index contributed by atoms with van der Waals surface area (Å²) in [7, 11) is 0. The number of hydrogen-bond donors (Lipinski definition) is 1. The molecular formula is C6H13NO2. The van der Waals surface area contributed by atoms with Crippen molar-refractivity contribution < 1.29 is 9.63 Å². The lowest BCUT2D eigenvalue weighted by Gasteiger charge is -2.18. The number of carbonyl (C=O) groups is 1. The summed E-state index contributed by atoms with van der Waals surface area (Å²) >= 11 is 0. The molecule has 9 heavy (non-hydrogen) atoms. The van der Waals surface area contributed by atoms with E-state index < -0.39 is 0 Å². The number of nitrogens with one attached hydrogen (secondary N) is 1. The van der Waals surface area contributed by atoms with Gasteiger partial charge in [-0.3, -0.25) is 4.79 Å². The molecule has 1 N–H and O–H groups in total. The van der Waals surface area contributed by atoms with Crippen molar-refractivity contribution in [2.75, 3.05) is 0 Å². The van der Waals surface area contributed by atoms with Crippen LogP contribution in [0, 0.1) is 0 Å². The lowest BCUT2D eigenvalue weighted by Crippen LogP contribution is -2.36. The first-order valence-corrected chi connectivity index (χ1v) is 2.86. The van der Waals surface area contributed by atoms with Crippen LogP contribution in [0.25, 0.3) is 0 Å². The van der Waals surface area contributed by atoms with Gasteiger partial charge in [0, 0.05) is 12.5 Å². The van der Waals surface area contributed by atoms with Crippen molar-refractivity contribution in [1.82, 2.24) is 5.48 Å². The van der Waals surface area contributed by atoms with Gasteiger partial charge in [0.05, 0.1) is 0 Å². The van der Waals surface area contributed by atoms with Crippen LogP contribution in [0.15, 0.2) is 0 Å². The molecule has 0 aliphatic carbocycles. The second kappa shape index (κ2) is 2.82. The third-order valence-electron chi connectivity index (χ3n) is 0.501. The predicted octanol–water partition coefficient (Wildman–Crippen LogP) is 0.853. The molecule has 0 rings (SSSR count). The fourth-order valence-corrected chi connectivity index (χ4v) is 0.225. The Hall–Kier alpha value is -0.570. The normalized spacial score (nSPS) is 11.1. The van der Waals surface area contributed by atoms with Crippen LogP contribution >= 0.6 is 0 Å². The highest BCUT2D eigenvalue weighted by molar-refractivity contribution is 5.65. The van der Waals surface area contributed by atoms with Crippen molar-refractivity contribution in [3.05, 3.63) is 0 Å². The van der Waals surface area contributed by atoms with E-state index in [1.54, 1.807) is 0 Å². The zero-order valence-electron chi connectivity index (χ0n) is 6.32. The second-order valence-corrected chi connectivity index (χ2v) is 2.95. The van der Waals surface area contributed by atoms with Gasteiger partial charge in [0.15, 0.2) is 0 Å². The van der Waals surface area contributed by atoms with E-state index in [1.165, 1.54) is 6.92 Å². The molecule has 0 aromatic heterocycles. The van der Waals surface area contributed by atoms with Crippen molar-refractivity contribution in [1.29, 1.82) is 0 Å². The van der Waals surface area contributed by atoms with Crippen LogP contribution in [-0.4, -0.2) is 11.5 Å². The molecule has 0 saturated carbocycles. The summed E-state index contributed by atoms with van der Waals surface area (Å²) in [6, 6.07) is 0. The van der Waals surface area contributed by atoms with Crippen molar-refractivity contribution in [2.24, 2.45) is 0 Å². The molecule has 0 fully saturated rings. The fraction of sp³-hybridized carbons (Fsp3) is 0.833. The van der Waals surface area contributed by atoms with Gasteiger partial charge in [0.25, 0.3) is 0 Å². The summed E-state index contributed by atoms with van der Waals surface area (Å²) < 4.78 is 0. The lowest BCUT2D eigenvalue weighted by atomic mass is 10.1. The van der Waals surface area contributed by atoms with Gasteiger partial charge in [-0.15, -0.1) is 5.48 Å². The Morgan fingerprint density at radius 3 is 2.00 bits per heavy atom. The average molecular weight is 131 g/mol. The Balaban J connectivity index is 3.39. The molecule has 3 heteroatoms. The Morgan fingerprint density at radius 2 is 1.89 bits per heavy atom. The smallest absolute Gasteiger partial charge is 0.321 e. The minimum atomic E-state index is -0.315. The van der Waals surface area contributed by atoms with Crippen LogP contribution in [0.2, 0.25) is 0 Å². The van der Waals surface area contributed by atoms with Crippen LogP contribution in [-0.2, 0) is 9.63 Å². The summed E-state index contributed by atoms with van der Waals surface area (Å²) in [6.45, 7) is 7.10. The number of hydroxylamine groups is 1. The van der Waals surface area contributed by atoms with Crippen molar-refractivity contribution in [3.63, 3.8) is 0 Å². The zero-order valence-corrected chi connectivity index (χ0v) is 6.32. The molecule has 0 aliphatic rings. The Labute approximate surface area is 55.3 Å². The van der Waals surface area contributed by atoms with Crippen molar-refractivity contribution >= 4 is 5.97 Å². The molecule has 0 radical (unpaired) electrons. The van der Waals surface area contributed by atoms with Crippen molar-refractivity contribution in [2.45, 2.75) is 33.2 Å². The van der Waals surface area contributed by atoms with Crippen LogP contribution < -0.4 is 5.48 Å². The Bertz CT molecular complexity index is 104. The van der Waals surface area contributed by atoms with Gasteiger partial charge in [0.1, 0.15) is 0 Å². The van der Waals surface area contributed by atoms with Crippen LogP contribution in [0.3, 0.4) is 0 Å². The third-order valence-corrected chi connectivity index (χ3v) is 0.501. The highest BCUT2D eigenvalue weighted by Crippen LogP contribution is 1.97. The molecule has 54 valence electrons. The molecule has 0 unspecified atom stereocenters. The van der Waals surface area contributed by atoms with E-state index >= 15 is 0 Å². The monoisotopic (exact) mass is 131 g/mol. The molecule has 0 aromatic carbocycles. The van der Waals surface area contributed by atoms with Crippen LogP contribution in [0.5, 0.6) is 0 Å². The minimum Gasteiger partial charge on any atom is -0.371 e. The first-order chi connectivity index (χ1) is 3.92. The zero-order chi connectivity index (χ0) is 7.49. The van der Waals surface area contributed by atoms with E-state index in [9.17, 15) is 4.79 Å². The Morgan fingerprint density at radius 1 is 1.44 bits per heavy atom. The standard InChI is InChI=1S/C6H13NO2/c1-5(8)9-7-6(2,3)4/h7H,1-4H3. The summed E-state index contributed by atoms with van der Waals surface area (Å²) in [4.78, 5) is 14.7. The van der Waals surface area contributed by atoms with Gasteiger partial charge < -0.3 is 4.84 Å². The van der Waals surface area contributed by atoms with E-state index in [2.05, 4.69) is 10.3 Å². The van der Waals surface area contributed by atoms with Gasteiger partial charge in [0.2, 0.25) is 0 Å². The third kappa shape index (κ3) is 7.43. The van der Waals surface area contributed by atoms with Gasteiger partial charge in [-0.2, -0.15) is 0 Å². The van der Waals surface area contributed by atoms with E-state index in [0.717, 1.165) is 0 Å². The van der Waals surface area contributed by atoms with Crippen molar-refractivity contribution in [3.8, 4) is 0 Å². The molecule has 0 spiro atoms. The Kier molecular flexibility index (Phi) is 2.65. The highest BCUT2D eigenvalue weighted by Gasteiger charge is 2.09. The molecule has 0 aromatic rings. The molecule has 0 bridgehead atoms. The quantitative estimate of drug-likeness (QED) is 0.536. The molecular weight excluding hydrogens is 118 g/mol. The number of hydrogen-bond acceptors (Lipinski definition) is 3. The average Bonchev–Trinajstić information content (AvgIpc) is 1.59.